The van der Waals surface area contributed by atoms with Crippen LogP contribution >= 0.6 is 0 Å². The maximum Gasteiger partial charge on any atom is 0.159 e. The summed E-state index contributed by atoms with van der Waals surface area (Å²) in [6.45, 7) is 9.48. The average molecular weight is 618 g/mol. The molecule has 0 atom stereocenters. The number of rotatable bonds is 3. The van der Waals surface area contributed by atoms with Crippen molar-refractivity contribution in [1.29, 1.82) is 0 Å². The SMILES string of the molecule is CC1(C)c2ccccc2-c2ccc(N(c3cc4ccccc4c4c3-c3ccccc3C4(C)C)c3cccc4c3oc3ccccc34)cc21. The van der Waals surface area contributed by atoms with Gasteiger partial charge in [-0.15, -0.1) is 0 Å². The molecule has 0 amide bonds. The van der Waals surface area contributed by atoms with E-state index in [2.05, 4.69) is 172 Å². The van der Waals surface area contributed by atoms with E-state index < -0.39 is 0 Å². The third-order valence-electron chi connectivity index (χ3n) is 11.2. The molecule has 7 aromatic carbocycles. The van der Waals surface area contributed by atoms with Gasteiger partial charge in [-0.1, -0.05) is 137 Å². The lowest BCUT2D eigenvalue weighted by atomic mass is 9.80. The summed E-state index contributed by atoms with van der Waals surface area (Å²) < 4.78 is 6.77. The fourth-order valence-corrected chi connectivity index (χ4v) is 8.96. The summed E-state index contributed by atoms with van der Waals surface area (Å²) in [5.74, 6) is 0. The first-order valence-electron chi connectivity index (χ1n) is 16.9. The molecule has 0 spiro atoms. The Bertz CT molecular complexity index is 2630. The highest BCUT2D eigenvalue weighted by Crippen LogP contribution is 2.58. The van der Waals surface area contributed by atoms with Gasteiger partial charge in [0, 0.05) is 32.9 Å². The lowest BCUT2D eigenvalue weighted by Crippen LogP contribution is -2.18. The van der Waals surface area contributed by atoms with Crippen molar-refractivity contribution < 1.29 is 4.42 Å². The van der Waals surface area contributed by atoms with Crippen LogP contribution in [-0.2, 0) is 10.8 Å². The lowest BCUT2D eigenvalue weighted by Gasteiger charge is -2.31. The summed E-state index contributed by atoms with van der Waals surface area (Å²) in [5.41, 5.74) is 15.6. The molecule has 8 aromatic rings. The number of fused-ring (bicyclic) bond motifs is 11. The van der Waals surface area contributed by atoms with Crippen LogP contribution in [0.25, 0.3) is 55.0 Å². The van der Waals surface area contributed by atoms with Gasteiger partial charge in [0.2, 0.25) is 0 Å². The van der Waals surface area contributed by atoms with Gasteiger partial charge in [0.25, 0.3) is 0 Å². The third-order valence-corrected chi connectivity index (χ3v) is 11.2. The number of anilines is 3. The van der Waals surface area contributed by atoms with E-state index in [1.54, 1.807) is 0 Å². The molecule has 0 saturated heterocycles. The van der Waals surface area contributed by atoms with Crippen LogP contribution in [0.5, 0.6) is 0 Å². The van der Waals surface area contributed by atoms with Gasteiger partial charge in [0.15, 0.2) is 5.58 Å². The molecule has 1 heterocycles. The highest BCUT2D eigenvalue weighted by atomic mass is 16.3. The van der Waals surface area contributed by atoms with Crippen molar-refractivity contribution in [2.24, 2.45) is 0 Å². The fourth-order valence-electron chi connectivity index (χ4n) is 8.96. The van der Waals surface area contributed by atoms with Crippen LogP contribution in [0.1, 0.15) is 49.9 Å². The zero-order valence-electron chi connectivity index (χ0n) is 27.6. The summed E-state index contributed by atoms with van der Waals surface area (Å²) in [4.78, 5) is 2.48. The fraction of sp³-hybridized carbons (Fsp3) is 0.130. The number of para-hydroxylation sites is 2. The van der Waals surface area contributed by atoms with Gasteiger partial charge in [-0.25, -0.2) is 0 Å². The number of nitrogens with zero attached hydrogens (tertiary/aromatic N) is 1. The molecule has 0 N–H and O–H groups in total. The van der Waals surface area contributed by atoms with Crippen molar-refractivity contribution in [3.63, 3.8) is 0 Å². The van der Waals surface area contributed by atoms with Gasteiger partial charge in [-0.05, 0) is 80.0 Å². The molecule has 48 heavy (non-hydrogen) atoms. The van der Waals surface area contributed by atoms with E-state index in [1.807, 2.05) is 0 Å². The molecule has 0 radical (unpaired) electrons. The van der Waals surface area contributed by atoms with Gasteiger partial charge >= 0.3 is 0 Å². The Morgan fingerprint density at radius 3 is 1.96 bits per heavy atom. The second-order valence-electron chi connectivity index (χ2n) is 14.5. The monoisotopic (exact) mass is 617 g/mol. The van der Waals surface area contributed by atoms with Crippen molar-refractivity contribution in [2.75, 3.05) is 4.90 Å². The first kappa shape index (κ1) is 27.5. The molecule has 2 aliphatic carbocycles. The zero-order valence-corrected chi connectivity index (χ0v) is 27.6. The summed E-state index contributed by atoms with van der Waals surface area (Å²) in [6.07, 6.45) is 0. The van der Waals surface area contributed by atoms with E-state index in [0.29, 0.717) is 0 Å². The largest absolute Gasteiger partial charge is 0.454 e. The molecule has 10 rings (SSSR count). The van der Waals surface area contributed by atoms with Crippen molar-refractivity contribution in [3.05, 3.63) is 162 Å². The van der Waals surface area contributed by atoms with Crippen LogP contribution in [0, 0.1) is 0 Å². The molecule has 0 saturated carbocycles. The Balaban J connectivity index is 1.34. The number of hydrogen-bond acceptors (Lipinski definition) is 2. The maximum absolute atomic E-state index is 6.77. The standard InChI is InChI=1S/C46H35NO/c1-45(2)36-20-10-7-16-31(36)32-25-24-29(27-38(32)45)47(39-22-13-19-34-33-17-9-12-23-41(33)48-44(34)39)40-26-28-14-5-6-15-30(28)43-42(40)35-18-8-11-21-37(35)46(43,3)4/h5-27H,1-4H3. The average Bonchev–Trinajstić information content (AvgIpc) is 3.69. The summed E-state index contributed by atoms with van der Waals surface area (Å²) in [5, 5.41) is 4.81. The number of benzene rings is 7. The van der Waals surface area contributed by atoms with Gasteiger partial charge in [-0.2, -0.15) is 0 Å². The molecule has 0 unspecified atom stereocenters. The van der Waals surface area contributed by atoms with Crippen molar-refractivity contribution >= 4 is 49.8 Å². The molecule has 0 aliphatic heterocycles. The quantitative estimate of drug-likeness (QED) is 0.196. The smallest absolute Gasteiger partial charge is 0.159 e. The molecule has 1 aromatic heterocycles. The Morgan fingerprint density at radius 2 is 1.12 bits per heavy atom. The Labute approximate surface area is 280 Å². The van der Waals surface area contributed by atoms with Crippen LogP contribution < -0.4 is 4.90 Å². The van der Waals surface area contributed by atoms with Crippen LogP contribution in [-0.4, -0.2) is 0 Å². The Hall–Kier alpha value is -5.60. The summed E-state index contributed by atoms with van der Waals surface area (Å²) in [6, 6.07) is 51.2. The summed E-state index contributed by atoms with van der Waals surface area (Å²) >= 11 is 0. The minimum Gasteiger partial charge on any atom is -0.454 e. The predicted molar refractivity (Wildman–Crippen MR) is 201 cm³/mol. The molecule has 0 fully saturated rings. The number of hydrogen-bond donors (Lipinski definition) is 0. The summed E-state index contributed by atoms with van der Waals surface area (Å²) in [7, 11) is 0. The molecular weight excluding hydrogens is 583 g/mol. The van der Waals surface area contributed by atoms with Crippen LogP contribution in [0.15, 0.2) is 144 Å². The highest BCUT2D eigenvalue weighted by molar-refractivity contribution is 6.12. The molecule has 2 heteroatoms. The van der Waals surface area contributed by atoms with E-state index in [9.17, 15) is 0 Å². The first-order valence-corrected chi connectivity index (χ1v) is 16.9. The van der Waals surface area contributed by atoms with E-state index in [4.69, 9.17) is 4.42 Å². The van der Waals surface area contributed by atoms with Crippen molar-refractivity contribution in [2.45, 2.75) is 38.5 Å². The van der Waals surface area contributed by atoms with Gasteiger partial charge in [-0.3, -0.25) is 0 Å². The molecule has 2 aliphatic rings. The zero-order chi connectivity index (χ0) is 32.4. The molecule has 2 nitrogen and oxygen atoms in total. The first-order chi connectivity index (χ1) is 23.3. The maximum atomic E-state index is 6.77. The van der Waals surface area contributed by atoms with Crippen molar-refractivity contribution in [1.82, 2.24) is 0 Å². The predicted octanol–water partition coefficient (Wildman–Crippen LogP) is 12.8. The molecule has 230 valence electrons. The Kier molecular flexibility index (Phi) is 5.44. The van der Waals surface area contributed by atoms with E-state index in [0.717, 1.165) is 33.3 Å². The second kappa shape index (κ2) is 9.49. The van der Waals surface area contributed by atoms with Crippen LogP contribution in [0.3, 0.4) is 0 Å². The van der Waals surface area contributed by atoms with Gasteiger partial charge < -0.3 is 9.32 Å². The van der Waals surface area contributed by atoms with Crippen LogP contribution in [0.2, 0.25) is 0 Å². The van der Waals surface area contributed by atoms with Crippen LogP contribution in [0.4, 0.5) is 17.1 Å². The minimum absolute atomic E-state index is 0.126. The highest BCUT2D eigenvalue weighted by Gasteiger charge is 2.41. The van der Waals surface area contributed by atoms with Gasteiger partial charge in [0.1, 0.15) is 5.58 Å². The number of furan rings is 1. The third kappa shape index (κ3) is 3.52. The van der Waals surface area contributed by atoms with E-state index in [-0.39, 0.29) is 10.8 Å². The molecular formula is C46H35NO. The topological polar surface area (TPSA) is 16.4 Å². The Morgan fingerprint density at radius 1 is 0.479 bits per heavy atom. The van der Waals surface area contributed by atoms with Crippen molar-refractivity contribution in [3.8, 4) is 22.3 Å². The normalized spacial score (nSPS) is 15.0. The van der Waals surface area contributed by atoms with Gasteiger partial charge in [0.05, 0.1) is 11.4 Å². The minimum atomic E-state index is -0.167. The molecule has 0 bridgehead atoms. The second-order valence-corrected chi connectivity index (χ2v) is 14.5. The van der Waals surface area contributed by atoms with E-state index >= 15 is 0 Å². The van der Waals surface area contributed by atoms with E-state index in [1.165, 1.54) is 61.0 Å². The lowest BCUT2D eigenvalue weighted by molar-refractivity contribution is 0.660.